The third-order valence-electron chi connectivity index (χ3n) is 10.2. The highest BCUT2D eigenvalue weighted by molar-refractivity contribution is 6.16. The molecule has 252 valence electrons. The van der Waals surface area contributed by atoms with Crippen LogP contribution < -0.4 is 0 Å². The average Bonchev–Trinajstić information content (AvgIpc) is 3.85. The molecule has 0 amide bonds. The van der Waals surface area contributed by atoms with E-state index in [4.69, 9.17) is 28.8 Å². The zero-order chi connectivity index (χ0) is 35.6. The highest BCUT2D eigenvalue weighted by Gasteiger charge is 2.20. The summed E-state index contributed by atoms with van der Waals surface area (Å²) in [5.41, 5.74) is 9.02. The van der Waals surface area contributed by atoms with Crippen molar-refractivity contribution in [2.24, 2.45) is 0 Å². The Morgan fingerprint density at radius 3 is 1.80 bits per heavy atom. The summed E-state index contributed by atoms with van der Waals surface area (Å²) >= 11 is 0. The first kappa shape index (κ1) is 30.2. The van der Waals surface area contributed by atoms with E-state index in [0.717, 1.165) is 88.0 Å². The van der Waals surface area contributed by atoms with Gasteiger partial charge in [0.1, 0.15) is 16.7 Å². The number of hydrogen-bond acceptors (Lipinski definition) is 6. The smallest absolute Gasteiger partial charge is 0.227 e. The summed E-state index contributed by atoms with van der Waals surface area (Å²) in [6, 6.07) is 57.7. The number of rotatable bonds is 5. The van der Waals surface area contributed by atoms with Crippen molar-refractivity contribution < 1.29 is 8.83 Å². The van der Waals surface area contributed by atoms with E-state index in [9.17, 15) is 0 Å². The van der Waals surface area contributed by atoms with Crippen LogP contribution in [0, 0.1) is 0 Å². The van der Waals surface area contributed by atoms with Gasteiger partial charge in [0, 0.05) is 38.4 Å². The summed E-state index contributed by atoms with van der Waals surface area (Å²) in [6.45, 7) is 0. The van der Waals surface area contributed by atoms with Crippen LogP contribution >= 0.6 is 0 Å². The van der Waals surface area contributed by atoms with E-state index in [1.54, 1.807) is 0 Å². The van der Waals surface area contributed by atoms with Crippen LogP contribution in [0.2, 0.25) is 0 Å². The standard InChI is InChI=1S/C48H28N4O2/c1-3-12-30(13-4-1)45-50-46(32-22-24-37-36-19-9-10-21-40(36)53-42(37)28-32)52-47(51-45)39-26-25-35(33-17-7-8-18-34(33)39)38-20-11-16-29-23-27-41-44(43(29)38)49-48(54-41)31-14-5-2-6-15-31/h1-28H. The van der Waals surface area contributed by atoms with Gasteiger partial charge in [0.05, 0.1) is 0 Å². The number of hydrogen-bond donors (Lipinski definition) is 0. The third kappa shape index (κ3) is 4.89. The van der Waals surface area contributed by atoms with Crippen molar-refractivity contribution >= 4 is 54.6 Å². The van der Waals surface area contributed by atoms with E-state index in [0.29, 0.717) is 23.4 Å². The quantitative estimate of drug-likeness (QED) is 0.179. The predicted molar refractivity (Wildman–Crippen MR) is 217 cm³/mol. The van der Waals surface area contributed by atoms with Crippen LogP contribution in [0.1, 0.15) is 0 Å². The second-order valence-corrected chi connectivity index (χ2v) is 13.4. The van der Waals surface area contributed by atoms with Crippen molar-refractivity contribution in [2.45, 2.75) is 0 Å². The molecule has 0 saturated heterocycles. The first-order valence-electron chi connectivity index (χ1n) is 17.9. The van der Waals surface area contributed by atoms with E-state index in [1.807, 2.05) is 91.0 Å². The second kappa shape index (κ2) is 12.1. The number of para-hydroxylation sites is 1. The van der Waals surface area contributed by atoms with Gasteiger partial charge in [-0.25, -0.2) is 19.9 Å². The first-order valence-corrected chi connectivity index (χ1v) is 17.9. The van der Waals surface area contributed by atoms with Gasteiger partial charge >= 0.3 is 0 Å². The molecule has 8 aromatic carbocycles. The summed E-state index contributed by atoms with van der Waals surface area (Å²) in [5, 5.41) is 6.40. The van der Waals surface area contributed by atoms with Crippen molar-refractivity contribution in [3.63, 3.8) is 0 Å². The van der Waals surface area contributed by atoms with E-state index < -0.39 is 0 Å². The van der Waals surface area contributed by atoms with Crippen molar-refractivity contribution in [2.75, 3.05) is 0 Å². The fraction of sp³-hybridized carbons (Fsp3) is 0. The predicted octanol–water partition coefficient (Wildman–Crippen LogP) is 12.6. The lowest BCUT2D eigenvalue weighted by molar-refractivity contribution is 0.620. The largest absolute Gasteiger partial charge is 0.456 e. The van der Waals surface area contributed by atoms with Gasteiger partial charge in [0.15, 0.2) is 23.1 Å². The molecule has 0 unspecified atom stereocenters. The number of nitrogens with zero attached hydrogens (tertiary/aromatic N) is 4. The molecule has 0 aliphatic rings. The molecule has 0 bridgehead atoms. The monoisotopic (exact) mass is 692 g/mol. The highest BCUT2D eigenvalue weighted by Crippen LogP contribution is 2.41. The molecule has 0 aliphatic carbocycles. The third-order valence-corrected chi connectivity index (χ3v) is 10.2. The molecule has 54 heavy (non-hydrogen) atoms. The van der Waals surface area contributed by atoms with Crippen molar-refractivity contribution in [1.82, 2.24) is 19.9 Å². The molecule has 6 heteroatoms. The van der Waals surface area contributed by atoms with Crippen LogP contribution in [0.3, 0.4) is 0 Å². The van der Waals surface area contributed by atoms with Crippen molar-refractivity contribution in [3.05, 3.63) is 170 Å². The maximum absolute atomic E-state index is 6.31. The zero-order valence-electron chi connectivity index (χ0n) is 28.8. The fourth-order valence-electron chi connectivity index (χ4n) is 7.63. The molecule has 11 aromatic rings. The zero-order valence-corrected chi connectivity index (χ0v) is 28.8. The SMILES string of the molecule is c1ccc(-c2nc(-c3ccc4c(c3)oc3ccccc34)nc(-c3ccc(-c4cccc5ccc6oc(-c7ccccc7)nc6c45)c4ccccc34)n2)cc1. The van der Waals surface area contributed by atoms with Crippen LogP contribution in [0.4, 0.5) is 0 Å². The summed E-state index contributed by atoms with van der Waals surface area (Å²) < 4.78 is 12.6. The minimum absolute atomic E-state index is 0.575. The number of aromatic nitrogens is 4. The Morgan fingerprint density at radius 2 is 0.981 bits per heavy atom. The van der Waals surface area contributed by atoms with Gasteiger partial charge in [0.2, 0.25) is 5.89 Å². The van der Waals surface area contributed by atoms with Gasteiger partial charge in [-0.2, -0.15) is 0 Å². The van der Waals surface area contributed by atoms with Crippen LogP contribution in [0.25, 0.3) is 111 Å². The Labute approximate surface area is 309 Å². The van der Waals surface area contributed by atoms with Gasteiger partial charge in [-0.3, -0.25) is 0 Å². The fourth-order valence-corrected chi connectivity index (χ4v) is 7.63. The van der Waals surface area contributed by atoms with Crippen LogP contribution in [-0.2, 0) is 0 Å². The molecule has 3 aromatic heterocycles. The molecule has 0 aliphatic heterocycles. The second-order valence-electron chi connectivity index (χ2n) is 13.4. The van der Waals surface area contributed by atoms with Gasteiger partial charge < -0.3 is 8.83 Å². The molecular weight excluding hydrogens is 665 g/mol. The summed E-state index contributed by atoms with van der Waals surface area (Å²) in [5.74, 6) is 2.37. The van der Waals surface area contributed by atoms with Gasteiger partial charge in [-0.15, -0.1) is 0 Å². The Balaban J connectivity index is 1.11. The average molecular weight is 693 g/mol. The van der Waals surface area contributed by atoms with Gasteiger partial charge in [-0.05, 0) is 69.8 Å². The van der Waals surface area contributed by atoms with Crippen LogP contribution in [0.5, 0.6) is 0 Å². The Hall–Kier alpha value is -7.44. The van der Waals surface area contributed by atoms with Crippen LogP contribution in [-0.4, -0.2) is 19.9 Å². The molecule has 0 N–H and O–H groups in total. The van der Waals surface area contributed by atoms with E-state index >= 15 is 0 Å². The van der Waals surface area contributed by atoms with Gasteiger partial charge in [-0.1, -0.05) is 127 Å². The first-order chi connectivity index (χ1) is 26.7. The van der Waals surface area contributed by atoms with Gasteiger partial charge in [0.25, 0.3) is 0 Å². The van der Waals surface area contributed by atoms with E-state index in [1.165, 1.54) is 0 Å². The minimum atomic E-state index is 0.575. The molecule has 6 nitrogen and oxygen atoms in total. The van der Waals surface area contributed by atoms with E-state index in [-0.39, 0.29) is 0 Å². The molecule has 0 saturated carbocycles. The summed E-state index contributed by atoms with van der Waals surface area (Å²) in [7, 11) is 0. The highest BCUT2D eigenvalue weighted by atomic mass is 16.3. The lowest BCUT2D eigenvalue weighted by Crippen LogP contribution is -2.00. The Morgan fingerprint density at radius 1 is 0.333 bits per heavy atom. The van der Waals surface area contributed by atoms with Crippen molar-refractivity contribution in [1.29, 1.82) is 0 Å². The van der Waals surface area contributed by atoms with Crippen molar-refractivity contribution in [3.8, 4) is 56.7 Å². The molecule has 0 atom stereocenters. The molecule has 0 fully saturated rings. The van der Waals surface area contributed by atoms with E-state index in [2.05, 4.69) is 78.9 Å². The molecular formula is C48H28N4O2. The summed E-state index contributed by atoms with van der Waals surface area (Å²) in [4.78, 5) is 20.3. The number of benzene rings is 8. The van der Waals surface area contributed by atoms with Crippen LogP contribution in [0.15, 0.2) is 179 Å². The minimum Gasteiger partial charge on any atom is -0.456 e. The number of fused-ring (bicyclic) bond motifs is 7. The lowest BCUT2D eigenvalue weighted by Gasteiger charge is -2.14. The maximum Gasteiger partial charge on any atom is 0.227 e. The maximum atomic E-state index is 6.31. The Kier molecular flexibility index (Phi) is 6.75. The Bertz CT molecular complexity index is 3220. The molecule has 0 spiro atoms. The topological polar surface area (TPSA) is 77.8 Å². The number of oxazole rings is 1. The molecule has 11 rings (SSSR count). The number of furan rings is 1. The molecule has 0 radical (unpaired) electrons. The summed E-state index contributed by atoms with van der Waals surface area (Å²) in [6.07, 6.45) is 0. The normalized spacial score (nSPS) is 11.7. The lowest BCUT2D eigenvalue weighted by atomic mass is 9.91. The molecule has 3 heterocycles.